The van der Waals surface area contributed by atoms with Crippen molar-refractivity contribution in [1.82, 2.24) is 5.32 Å². The fourth-order valence-corrected chi connectivity index (χ4v) is 2.10. The first-order chi connectivity index (χ1) is 12.8. The number of anilines is 1. The fourth-order valence-electron chi connectivity index (χ4n) is 1.97. The molecule has 27 heavy (non-hydrogen) atoms. The predicted molar refractivity (Wildman–Crippen MR) is 94.1 cm³/mol. The molecule has 142 valence electrons. The highest BCUT2D eigenvalue weighted by molar-refractivity contribution is 6.30. The van der Waals surface area contributed by atoms with Crippen LogP contribution in [0.25, 0.3) is 0 Å². The molecule has 2 amide bonds. The van der Waals surface area contributed by atoms with E-state index in [9.17, 15) is 23.2 Å². The van der Waals surface area contributed by atoms with Gasteiger partial charge in [0, 0.05) is 16.8 Å². The van der Waals surface area contributed by atoms with Gasteiger partial charge in [-0.3, -0.25) is 14.4 Å². The van der Waals surface area contributed by atoms with E-state index in [0.717, 1.165) is 12.1 Å². The number of amides is 2. The number of ether oxygens (including phenoxy) is 1. The van der Waals surface area contributed by atoms with Gasteiger partial charge in [-0.1, -0.05) is 23.7 Å². The maximum absolute atomic E-state index is 13.0. The van der Waals surface area contributed by atoms with E-state index in [1.807, 2.05) is 0 Å². The Morgan fingerprint density at radius 1 is 0.963 bits per heavy atom. The molecule has 0 aliphatic carbocycles. The van der Waals surface area contributed by atoms with Crippen LogP contribution in [0.3, 0.4) is 0 Å². The Morgan fingerprint density at radius 3 is 2.33 bits per heavy atom. The lowest BCUT2D eigenvalue weighted by Crippen LogP contribution is -2.35. The van der Waals surface area contributed by atoms with Gasteiger partial charge in [0.05, 0.1) is 13.0 Å². The predicted octanol–water partition coefficient (Wildman–Crippen LogP) is 2.46. The van der Waals surface area contributed by atoms with E-state index in [1.165, 1.54) is 6.07 Å². The molecule has 0 aliphatic heterocycles. The summed E-state index contributed by atoms with van der Waals surface area (Å²) >= 11 is 5.74. The molecule has 0 bridgehead atoms. The molecule has 0 spiro atoms. The number of carbonyl (C=O) groups excluding carboxylic acids is 3. The normalized spacial score (nSPS) is 10.2. The largest absolute Gasteiger partial charge is 0.455 e. The van der Waals surface area contributed by atoms with Crippen molar-refractivity contribution in [2.45, 2.75) is 6.42 Å². The van der Waals surface area contributed by atoms with E-state index in [1.54, 1.807) is 24.3 Å². The van der Waals surface area contributed by atoms with E-state index in [2.05, 4.69) is 10.6 Å². The van der Waals surface area contributed by atoms with E-state index in [4.69, 9.17) is 16.3 Å². The topological polar surface area (TPSA) is 84.5 Å². The molecule has 0 unspecified atom stereocenters. The van der Waals surface area contributed by atoms with E-state index in [0.29, 0.717) is 10.6 Å². The van der Waals surface area contributed by atoms with Crippen LogP contribution in [-0.2, 0) is 25.5 Å². The average Bonchev–Trinajstić information content (AvgIpc) is 2.63. The van der Waals surface area contributed by atoms with Crippen LogP contribution in [0, 0.1) is 11.6 Å². The van der Waals surface area contributed by atoms with Crippen LogP contribution in [0.4, 0.5) is 14.5 Å². The van der Waals surface area contributed by atoms with Crippen LogP contribution in [0.15, 0.2) is 42.5 Å². The first-order valence-electron chi connectivity index (χ1n) is 7.75. The Morgan fingerprint density at radius 2 is 1.67 bits per heavy atom. The van der Waals surface area contributed by atoms with Gasteiger partial charge in [0.1, 0.15) is 0 Å². The van der Waals surface area contributed by atoms with E-state index in [-0.39, 0.29) is 12.1 Å². The Labute approximate surface area is 158 Å². The molecule has 0 saturated carbocycles. The van der Waals surface area contributed by atoms with Crippen molar-refractivity contribution in [3.8, 4) is 0 Å². The number of esters is 1. The van der Waals surface area contributed by atoms with Crippen LogP contribution in [0.5, 0.6) is 0 Å². The minimum atomic E-state index is -1.11. The fraction of sp³-hybridized carbons (Fsp3) is 0.167. The van der Waals surface area contributed by atoms with Crippen LogP contribution < -0.4 is 10.6 Å². The monoisotopic (exact) mass is 396 g/mol. The quantitative estimate of drug-likeness (QED) is 0.704. The van der Waals surface area contributed by atoms with E-state index >= 15 is 0 Å². The first kappa shape index (κ1) is 20.3. The molecule has 2 N–H and O–H groups in total. The molecule has 2 aromatic rings. The number of halogens is 3. The van der Waals surface area contributed by atoms with Crippen LogP contribution in [0.2, 0.25) is 5.02 Å². The lowest BCUT2D eigenvalue weighted by molar-refractivity contribution is -0.147. The average molecular weight is 397 g/mol. The number of hydrogen-bond donors (Lipinski definition) is 2. The van der Waals surface area contributed by atoms with Gasteiger partial charge < -0.3 is 15.4 Å². The lowest BCUT2D eigenvalue weighted by Gasteiger charge is -2.08. The molecule has 9 heteroatoms. The maximum atomic E-state index is 13.0. The summed E-state index contributed by atoms with van der Waals surface area (Å²) in [5.74, 6) is -4.09. The summed E-state index contributed by atoms with van der Waals surface area (Å²) in [4.78, 5) is 34.9. The van der Waals surface area contributed by atoms with Crippen molar-refractivity contribution in [2.24, 2.45) is 0 Å². The third-order valence-electron chi connectivity index (χ3n) is 3.28. The third-order valence-corrected chi connectivity index (χ3v) is 3.53. The van der Waals surface area contributed by atoms with Gasteiger partial charge >= 0.3 is 5.97 Å². The van der Waals surface area contributed by atoms with Crippen molar-refractivity contribution in [3.05, 3.63) is 64.7 Å². The lowest BCUT2D eigenvalue weighted by atomic mass is 10.1. The number of benzene rings is 2. The zero-order valence-corrected chi connectivity index (χ0v) is 14.7. The molecule has 0 atom stereocenters. The SMILES string of the molecule is O=C(COC(=O)Cc1ccc(Cl)cc1)NCC(=O)Nc1ccc(F)c(F)c1. The van der Waals surface area contributed by atoms with Gasteiger partial charge in [-0.2, -0.15) is 0 Å². The van der Waals surface area contributed by atoms with Gasteiger partial charge in [-0.25, -0.2) is 8.78 Å². The number of nitrogens with one attached hydrogen (secondary N) is 2. The summed E-state index contributed by atoms with van der Waals surface area (Å²) in [7, 11) is 0. The highest BCUT2D eigenvalue weighted by Gasteiger charge is 2.11. The van der Waals surface area contributed by atoms with Crippen molar-refractivity contribution in [1.29, 1.82) is 0 Å². The number of hydrogen-bond acceptors (Lipinski definition) is 4. The zero-order valence-electron chi connectivity index (χ0n) is 13.9. The smallest absolute Gasteiger partial charge is 0.310 e. The van der Waals surface area contributed by atoms with Crippen molar-refractivity contribution >= 4 is 35.1 Å². The molecular formula is C18H15ClF2N2O4. The number of carbonyl (C=O) groups is 3. The molecule has 2 aromatic carbocycles. The summed E-state index contributed by atoms with van der Waals surface area (Å²) in [6.07, 6.45) is -0.0267. The Balaban J connectivity index is 1.69. The molecular weight excluding hydrogens is 382 g/mol. The third kappa shape index (κ3) is 7.02. The summed E-state index contributed by atoms with van der Waals surface area (Å²) < 4.78 is 30.7. The van der Waals surface area contributed by atoms with Crippen molar-refractivity contribution in [3.63, 3.8) is 0 Å². The standard InChI is InChI=1S/C18H15ClF2N2O4/c19-12-3-1-11(2-4-12)7-18(26)27-10-17(25)22-9-16(24)23-13-5-6-14(20)15(21)8-13/h1-6,8H,7,9-10H2,(H,22,25)(H,23,24). The van der Waals surface area contributed by atoms with Crippen LogP contribution >= 0.6 is 11.6 Å². The molecule has 6 nitrogen and oxygen atoms in total. The van der Waals surface area contributed by atoms with Gasteiger partial charge in [0.25, 0.3) is 5.91 Å². The van der Waals surface area contributed by atoms with Crippen molar-refractivity contribution < 1.29 is 27.9 Å². The summed E-state index contributed by atoms with van der Waals surface area (Å²) in [5, 5.41) is 5.07. The second-order valence-corrected chi connectivity index (χ2v) is 5.85. The minimum absolute atomic E-state index is 0.0267. The van der Waals surface area contributed by atoms with Gasteiger partial charge in [0.2, 0.25) is 5.91 Å². The molecule has 2 rings (SSSR count). The minimum Gasteiger partial charge on any atom is -0.455 e. The Bertz CT molecular complexity index is 844. The summed E-state index contributed by atoms with van der Waals surface area (Å²) in [5.41, 5.74) is 0.721. The Hall–Kier alpha value is -3.00. The molecule has 0 radical (unpaired) electrons. The Kier molecular flexibility index (Phi) is 7.25. The molecule has 0 fully saturated rings. The molecule has 0 heterocycles. The summed E-state index contributed by atoms with van der Waals surface area (Å²) in [6.45, 7) is -0.975. The first-order valence-corrected chi connectivity index (χ1v) is 8.13. The number of rotatable bonds is 7. The van der Waals surface area contributed by atoms with Crippen molar-refractivity contribution in [2.75, 3.05) is 18.5 Å². The molecule has 0 aromatic heterocycles. The van der Waals surface area contributed by atoms with Crippen LogP contribution in [-0.4, -0.2) is 30.9 Å². The second-order valence-electron chi connectivity index (χ2n) is 5.42. The second kappa shape index (κ2) is 9.63. The van der Waals surface area contributed by atoms with Gasteiger partial charge in [-0.05, 0) is 29.8 Å². The highest BCUT2D eigenvalue weighted by Crippen LogP contribution is 2.13. The maximum Gasteiger partial charge on any atom is 0.310 e. The molecule has 0 saturated heterocycles. The molecule has 0 aliphatic rings. The van der Waals surface area contributed by atoms with Crippen LogP contribution in [0.1, 0.15) is 5.56 Å². The van der Waals surface area contributed by atoms with E-state index < -0.39 is 42.6 Å². The van der Waals surface area contributed by atoms with Gasteiger partial charge in [-0.15, -0.1) is 0 Å². The summed E-state index contributed by atoms with van der Waals surface area (Å²) in [6, 6.07) is 9.43. The van der Waals surface area contributed by atoms with Gasteiger partial charge in [0.15, 0.2) is 18.2 Å². The highest BCUT2D eigenvalue weighted by atomic mass is 35.5. The zero-order chi connectivity index (χ0) is 19.8.